The van der Waals surface area contributed by atoms with Crippen LogP contribution >= 0.6 is 23.1 Å². The van der Waals surface area contributed by atoms with Crippen LogP contribution in [0.25, 0.3) is 16.6 Å². The number of fused-ring (bicyclic) bond motifs is 1. The average molecular weight is 723 g/mol. The maximum absolute atomic E-state index is 15.3. The Bertz CT molecular complexity index is 1930. The number of hydrogen-bond donors (Lipinski definition) is 2. The zero-order valence-electron chi connectivity index (χ0n) is 27.2. The molecule has 47 heavy (non-hydrogen) atoms. The van der Waals surface area contributed by atoms with Crippen LogP contribution < -0.4 is 25.6 Å². The molecule has 4 aromatic rings. The molecule has 1 saturated heterocycles. The number of nitrogens with zero attached hydrogens (tertiary/aromatic N) is 7. The van der Waals surface area contributed by atoms with Crippen molar-refractivity contribution in [3.05, 3.63) is 59.0 Å². The number of aromatic nitrogens is 4. The second-order valence-corrected chi connectivity index (χ2v) is 16.4. The topological polar surface area (TPSA) is 121 Å². The number of piperidine rings is 1. The first-order chi connectivity index (χ1) is 22.4. The number of methoxy groups -OCH3 is 1. The van der Waals surface area contributed by atoms with E-state index in [0.29, 0.717) is 62.7 Å². The first-order valence-electron chi connectivity index (χ1n) is 15.3. The van der Waals surface area contributed by atoms with Gasteiger partial charge in [-0.05, 0) is 80.5 Å². The van der Waals surface area contributed by atoms with Crippen LogP contribution in [-0.2, 0) is 4.57 Å². The molecule has 2 aromatic carbocycles. The van der Waals surface area contributed by atoms with Gasteiger partial charge in [-0.1, -0.05) is 6.08 Å². The van der Waals surface area contributed by atoms with Crippen LogP contribution in [0, 0.1) is 0 Å². The number of rotatable bonds is 9. The van der Waals surface area contributed by atoms with Crippen molar-refractivity contribution >= 4 is 80.0 Å². The largest absolute Gasteiger partial charge is 0.494 e. The molecule has 0 saturated carbocycles. The number of nitrogens with one attached hydrogen (secondary N) is 2. The number of halogens is 2. The maximum Gasteiger partial charge on any atom is 0.229 e. The smallest absolute Gasteiger partial charge is 0.229 e. The molecular formula is C33H38BrFN9O2P. The van der Waals surface area contributed by atoms with Crippen molar-refractivity contribution in [2.24, 2.45) is 4.99 Å². The Balaban J connectivity index is 1.36. The summed E-state index contributed by atoms with van der Waals surface area (Å²) in [6.07, 6.45) is 8.52. The standard InChI is InChI=1S/C33H38BrFN9O2P/c1-19-13-20(16-38-19)21-14-26(29(46-4)15-28(21)44-12-9-27(43(2)3)23(35)18-44)41-33-39-17-22(34)32(42-33)40-25-8-7-24-30(37-11-10-36-24)31(25)47(5,6)45/h7-8,10-11,13-17,19,23,27H,9,12,18H2,1-6H3,(H2,39,40,41,42). The highest BCUT2D eigenvalue weighted by Gasteiger charge is 2.32. The number of anilines is 5. The first kappa shape index (κ1) is 33.0. The summed E-state index contributed by atoms with van der Waals surface area (Å²) < 4.78 is 35.2. The van der Waals surface area contributed by atoms with Gasteiger partial charge < -0.3 is 29.7 Å². The molecule has 0 amide bonds. The molecule has 0 radical (unpaired) electrons. The van der Waals surface area contributed by atoms with Gasteiger partial charge in [-0.25, -0.2) is 9.37 Å². The molecule has 6 rings (SSSR count). The number of aliphatic imine (C=N–C) groups is 1. The first-order valence-corrected chi connectivity index (χ1v) is 18.7. The SMILES string of the molecule is COc1cc(N2CCC(N(C)C)C(F)C2)c(C2=CC(C)N=C2)cc1Nc1ncc(Br)c(Nc2ccc3nccnc3c2P(C)(C)=O)n1. The van der Waals surface area contributed by atoms with Crippen molar-refractivity contribution in [3.8, 4) is 5.75 Å². The Morgan fingerprint density at radius 3 is 2.57 bits per heavy atom. The molecule has 4 heterocycles. The molecule has 0 bridgehead atoms. The van der Waals surface area contributed by atoms with Gasteiger partial charge in [0.1, 0.15) is 30.4 Å². The molecule has 0 aliphatic carbocycles. The summed E-state index contributed by atoms with van der Waals surface area (Å²) in [7, 11) is 2.67. The summed E-state index contributed by atoms with van der Waals surface area (Å²) in [6.45, 7) is 6.43. The molecule has 3 unspecified atom stereocenters. The predicted octanol–water partition coefficient (Wildman–Crippen LogP) is 6.26. The van der Waals surface area contributed by atoms with Gasteiger partial charge in [0.2, 0.25) is 5.95 Å². The summed E-state index contributed by atoms with van der Waals surface area (Å²) in [4.78, 5) is 26.7. The zero-order valence-corrected chi connectivity index (χ0v) is 29.7. The summed E-state index contributed by atoms with van der Waals surface area (Å²) in [5, 5.41) is 7.27. The lowest BCUT2D eigenvalue weighted by Crippen LogP contribution is -2.50. The lowest BCUT2D eigenvalue weighted by atomic mass is 9.97. The van der Waals surface area contributed by atoms with E-state index >= 15 is 4.39 Å². The van der Waals surface area contributed by atoms with E-state index in [1.807, 2.05) is 56.4 Å². The lowest BCUT2D eigenvalue weighted by Gasteiger charge is -2.39. The van der Waals surface area contributed by atoms with E-state index in [1.165, 1.54) is 0 Å². The van der Waals surface area contributed by atoms with Crippen LogP contribution in [-0.4, -0.2) is 96.9 Å². The molecule has 14 heteroatoms. The Morgan fingerprint density at radius 1 is 1.11 bits per heavy atom. The van der Waals surface area contributed by atoms with Crippen LogP contribution in [0.4, 0.5) is 33.2 Å². The molecule has 1 fully saturated rings. The van der Waals surface area contributed by atoms with Gasteiger partial charge in [0.25, 0.3) is 0 Å². The van der Waals surface area contributed by atoms with Crippen molar-refractivity contribution in [2.45, 2.75) is 31.6 Å². The predicted molar refractivity (Wildman–Crippen MR) is 193 cm³/mol. The molecule has 246 valence electrons. The fourth-order valence-corrected chi connectivity index (χ4v) is 7.84. The molecule has 2 N–H and O–H groups in total. The van der Waals surface area contributed by atoms with Gasteiger partial charge >= 0.3 is 0 Å². The van der Waals surface area contributed by atoms with Gasteiger partial charge in [0.05, 0.1) is 46.4 Å². The number of ether oxygens (including phenoxy) is 1. The van der Waals surface area contributed by atoms with Gasteiger partial charge in [-0.3, -0.25) is 15.0 Å². The molecule has 0 spiro atoms. The Hall–Kier alpha value is -3.93. The molecule has 2 aliphatic rings. The lowest BCUT2D eigenvalue weighted by molar-refractivity contribution is 0.136. The Kier molecular flexibility index (Phi) is 9.33. The third-order valence-corrected chi connectivity index (χ3v) is 10.5. The highest BCUT2D eigenvalue weighted by Crippen LogP contribution is 2.42. The van der Waals surface area contributed by atoms with Crippen molar-refractivity contribution < 1.29 is 13.7 Å². The fraction of sp³-hybridized carbons (Fsp3) is 0.364. The zero-order chi connectivity index (χ0) is 33.5. The van der Waals surface area contributed by atoms with Crippen molar-refractivity contribution in [1.82, 2.24) is 24.8 Å². The number of benzene rings is 2. The number of hydrogen-bond acceptors (Lipinski definition) is 11. The van der Waals surface area contributed by atoms with E-state index in [2.05, 4.69) is 57.5 Å². The maximum atomic E-state index is 15.3. The highest BCUT2D eigenvalue weighted by atomic mass is 79.9. The van der Waals surface area contributed by atoms with Gasteiger partial charge in [0.15, 0.2) is 0 Å². The third-order valence-electron chi connectivity index (χ3n) is 8.41. The summed E-state index contributed by atoms with van der Waals surface area (Å²) >= 11 is 3.56. The van der Waals surface area contributed by atoms with Gasteiger partial charge in [-0.2, -0.15) is 4.98 Å². The highest BCUT2D eigenvalue weighted by molar-refractivity contribution is 9.10. The minimum atomic E-state index is -2.78. The molecule has 3 atom stereocenters. The van der Waals surface area contributed by atoms with E-state index in [4.69, 9.17) is 9.72 Å². The van der Waals surface area contributed by atoms with Crippen molar-refractivity contribution in [3.63, 3.8) is 0 Å². The fourth-order valence-electron chi connectivity index (χ4n) is 6.16. The minimum Gasteiger partial charge on any atom is -0.494 e. The van der Waals surface area contributed by atoms with E-state index in [0.717, 1.165) is 16.8 Å². The van der Waals surface area contributed by atoms with E-state index in [1.54, 1.807) is 39.0 Å². The van der Waals surface area contributed by atoms with Gasteiger partial charge in [-0.15, -0.1) is 0 Å². The van der Waals surface area contributed by atoms with Crippen molar-refractivity contribution in [1.29, 1.82) is 0 Å². The molecule has 2 aliphatic heterocycles. The van der Waals surface area contributed by atoms with Crippen LogP contribution in [0.2, 0.25) is 0 Å². The normalized spacial score (nSPS) is 19.7. The van der Waals surface area contributed by atoms with Crippen LogP contribution in [0.5, 0.6) is 5.75 Å². The quantitative estimate of drug-likeness (QED) is 0.192. The molecular weight excluding hydrogens is 684 g/mol. The van der Waals surface area contributed by atoms with Crippen LogP contribution in [0.1, 0.15) is 18.9 Å². The van der Waals surface area contributed by atoms with Crippen molar-refractivity contribution in [2.75, 3.05) is 63.2 Å². The van der Waals surface area contributed by atoms with Crippen LogP contribution in [0.3, 0.4) is 0 Å². The van der Waals surface area contributed by atoms with E-state index < -0.39 is 13.3 Å². The summed E-state index contributed by atoms with van der Waals surface area (Å²) in [5.41, 5.74) is 5.25. The molecule has 11 nitrogen and oxygen atoms in total. The average Bonchev–Trinajstić information content (AvgIpc) is 3.47. The second kappa shape index (κ2) is 13.3. The number of alkyl halides is 1. The summed E-state index contributed by atoms with van der Waals surface area (Å²) in [5.74, 6) is 1.34. The second-order valence-electron chi connectivity index (χ2n) is 12.4. The van der Waals surface area contributed by atoms with E-state index in [-0.39, 0.29) is 18.6 Å². The number of allylic oxidation sites excluding steroid dienone is 1. The Morgan fingerprint density at radius 2 is 1.89 bits per heavy atom. The van der Waals surface area contributed by atoms with Gasteiger partial charge in [0, 0.05) is 54.7 Å². The monoisotopic (exact) mass is 721 g/mol. The third kappa shape index (κ3) is 6.88. The minimum absolute atomic E-state index is 0.0423. The van der Waals surface area contributed by atoms with E-state index in [9.17, 15) is 4.57 Å². The molecule has 2 aromatic heterocycles. The Labute approximate surface area is 282 Å². The summed E-state index contributed by atoms with van der Waals surface area (Å²) in [6, 6.07) is 7.52. The van der Waals surface area contributed by atoms with Crippen LogP contribution in [0.15, 0.2) is 58.4 Å².